The molecule has 81 heavy (non-hydrogen) atoms. The van der Waals surface area contributed by atoms with E-state index in [1.54, 1.807) is 0 Å². The third kappa shape index (κ3) is 12.4. The highest BCUT2D eigenvalue weighted by atomic mass is 32.2. The molecule has 8 fully saturated rings. The Balaban J connectivity index is 0.622. The summed E-state index contributed by atoms with van der Waals surface area (Å²) in [5, 5.41) is 69.6. The predicted octanol–water partition coefficient (Wildman–Crippen LogP) is 5.33. The van der Waals surface area contributed by atoms with Crippen LogP contribution in [0.2, 0.25) is 0 Å². The summed E-state index contributed by atoms with van der Waals surface area (Å²) in [6.45, 7) is 13.4. The second-order valence-electron chi connectivity index (χ2n) is 25.7. The van der Waals surface area contributed by atoms with E-state index in [9.17, 15) is 35.1 Å². The van der Waals surface area contributed by atoms with E-state index in [0.717, 1.165) is 64.2 Å². The van der Waals surface area contributed by atoms with E-state index in [-0.39, 0.29) is 79.1 Å². The summed E-state index contributed by atoms with van der Waals surface area (Å²) in [4.78, 5) is 37.0. The van der Waals surface area contributed by atoms with Crippen LogP contribution in [-0.4, -0.2) is 184 Å². The van der Waals surface area contributed by atoms with Crippen molar-refractivity contribution in [3.63, 3.8) is 0 Å². The molecule has 22 nitrogen and oxygen atoms in total. The number of imidazole rings is 1. The molecule has 8 aliphatic rings. The number of nitrogens with two attached hydrogens (primary N) is 1. The van der Waals surface area contributed by atoms with Crippen molar-refractivity contribution in [1.82, 2.24) is 19.5 Å². The Kier molecular flexibility index (Phi) is 19.2. The van der Waals surface area contributed by atoms with Crippen molar-refractivity contribution in [1.29, 1.82) is 0 Å². The third-order valence-corrected chi connectivity index (χ3v) is 22.1. The number of amides is 1. The zero-order valence-corrected chi connectivity index (χ0v) is 49.0. The standard InChI is InChI=1S/C58H92N6O16S/c1-31-17-21-57(71)37-12-11-35-26-36(18-20-55(35,5)38(37)27-43(65)56(31,57)6)77-45-16-14-41(33(3)76-45)80-58(72)22-24-73-34(4)50(58)79-46-15-13-40(32(2)75-46)74-23-9-7-8-10-44(66)63-51-47-52(61-29-60-51)64(30-62-47)53-49(68)48(67)42(78-53)28-81-25-19-39(59)54(69)70/h29-43,45-46,48-50,53,65,67-68,71-72H,7-28,59H2,1-6H3,(H,69,70)(H,60,61,63,66)/t31-,32+,33+,34+,35+,36+,37?,38-,39-,40-,41-,42+,43+,45-,46?,48+,49?,50+,53?,55-,56-,57-,58+/m0/s1. The number of thioether (sulfide) groups is 1. The number of rotatable bonds is 21. The van der Waals surface area contributed by atoms with Gasteiger partial charge in [0.15, 0.2) is 41.6 Å². The third-order valence-electron chi connectivity index (χ3n) is 21.0. The fourth-order valence-corrected chi connectivity index (χ4v) is 16.9. The summed E-state index contributed by atoms with van der Waals surface area (Å²) in [5.74, 6) is -0.674. The van der Waals surface area contributed by atoms with Gasteiger partial charge in [0, 0.05) is 43.5 Å². The van der Waals surface area contributed by atoms with Crippen molar-refractivity contribution in [2.45, 2.75) is 260 Å². The minimum Gasteiger partial charge on any atom is -0.480 e. The number of hydrogen-bond donors (Lipinski definition) is 8. The Bertz CT molecular complexity index is 2470. The van der Waals surface area contributed by atoms with Gasteiger partial charge in [-0.3, -0.25) is 14.2 Å². The van der Waals surface area contributed by atoms with Crippen molar-refractivity contribution < 1.29 is 78.1 Å². The molecule has 4 aliphatic carbocycles. The zero-order chi connectivity index (χ0) is 57.6. The first kappa shape index (κ1) is 61.4. The summed E-state index contributed by atoms with van der Waals surface area (Å²) in [6.07, 6.45) is 7.59. The number of carbonyl (C=O) groups excluding carboxylic acids is 1. The van der Waals surface area contributed by atoms with Crippen LogP contribution in [0.25, 0.3) is 11.2 Å². The van der Waals surface area contributed by atoms with Crippen LogP contribution in [0.4, 0.5) is 5.82 Å². The SMILES string of the molecule is C[C@H]1OC(O[C@@H]2[C@@H](C)OCC[C@@]2(O)O[C@H]2CC[C@H](O[C@@H]3CC[C@@]4(C)[C@H](CCC5[C@@H]4C[C@@H](O)[C@]4(C)[C@@H](C)CC[C@]54O)C3)O[C@@H]2C)CC[C@@H]1OCCCCCC(=O)Nc1ncnc2c1ncn2C1O[C@H](CSCC[C@H](N)C(=O)O)[C@@H](O)C1O. The molecule has 0 aromatic carbocycles. The van der Waals surface area contributed by atoms with Gasteiger partial charge in [0.1, 0.15) is 30.7 Å². The number of carboxylic acids is 1. The summed E-state index contributed by atoms with van der Waals surface area (Å²) in [5.41, 5.74) is 5.00. The molecular formula is C58H92N6O16S. The summed E-state index contributed by atoms with van der Waals surface area (Å²) in [6, 6.07) is -0.980. The molecule has 23 atom stereocenters. The molecule has 23 heteroatoms. The topological polar surface area (TPSA) is 311 Å². The number of hydrogen-bond acceptors (Lipinski definition) is 20. The molecule has 6 heterocycles. The van der Waals surface area contributed by atoms with Gasteiger partial charge in [-0.25, -0.2) is 15.0 Å². The first-order valence-electron chi connectivity index (χ1n) is 30.3. The van der Waals surface area contributed by atoms with Gasteiger partial charge in [-0.15, -0.1) is 0 Å². The fraction of sp³-hybridized carbons (Fsp3) is 0.879. The van der Waals surface area contributed by atoms with Gasteiger partial charge in [0.2, 0.25) is 5.91 Å². The van der Waals surface area contributed by atoms with E-state index in [4.69, 9.17) is 48.7 Å². The van der Waals surface area contributed by atoms with E-state index in [0.29, 0.717) is 85.7 Å². The second-order valence-corrected chi connectivity index (χ2v) is 26.8. The van der Waals surface area contributed by atoms with Gasteiger partial charge in [-0.05, 0) is 139 Å². The summed E-state index contributed by atoms with van der Waals surface area (Å²) >= 11 is 1.37. The molecule has 4 aliphatic heterocycles. The van der Waals surface area contributed by atoms with Crippen molar-refractivity contribution in [2.75, 3.05) is 30.0 Å². The number of carbonyl (C=O) groups is 2. The predicted molar refractivity (Wildman–Crippen MR) is 296 cm³/mol. The number of nitrogens with one attached hydrogen (secondary N) is 1. The number of aromatic nitrogens is 4. The summed E-state index contributed by atoms with van der Waals surface area (Å²) < 4.78 is 52.6. The number of ether oxygens (including phenoxy) is 8. The van der Waals surface area contributed by atoms with Gasteiger partial charge in [0.25, 0.3) is 0 Å². The molecule has 2 aromatic heterocycles. The maximum atomic E-state index is 13.1. The number of aliphatic hydroxyl groups excluding tert-OH is 3. The molecule has 456 valence electrons. The lowest BCUT2D eigenvalue weighted by Crippen LogP contribution is -2.66. The first-order chi connectivity index (χ1) is 38.6. The number of fused-ring (bicyclic) bond motifs is 6. The van der Waals surface area contributed by atoms with Crippen LogP contribution in [0, 0.1) is 34.5 Å². The van der Waals surface area contributed by atoms with Crippen LogP contribution in [0.15, 0.2) is 12.7 Å². The largest absolute Gasteiger partial charge is 0.480 e. The molecule has 4 saturated heterocycles. The highest BCUT2D eigenvalue weighted by Gasteiger charge is 2.69. The maximum Gasteiger partial charge on any atom is 0.320 e. The number of unbranched alkanes of at least 4 members (excludes halogenated alkanes) is 2. The number of aliphatic carboxylic acids is 1. The minimum absolute atomic E-state index is 0.0587. The Morgan fingerprint density at radius 1 is 0.840 bits per heavy atom. The number of aliphatic hydroxyl groups is 5. The van der Waals surface area contributed by atoms with Crippen LogP contribution in [0.5, 0.6) is 0 Å². The van der Waals surface area contributed by atoms with Gasteiger partial charge in [-0.2, -0.15) is 11.8 Å². The van der Waals surface area contributed by atoms with Crippen LogP contribution >= 0.6 is 11.8 Å². The fourth-order valence-electron chi connectivity index (χ4n) is 15.8. The second kappa shape index (κ2) is 25.3. The van der Waals surface area contributed by atoms with Crippen molar-refractivity contribution in [2.24, 2.45) is 40.2 Å². The molecule has 9 N–H and O–H groups in total. The van der Waals surface area contributed by atoms with Crippen molar-refractivity contribution in [3.8, 4) is 0 Å². The van der Waals surface area contributed by atoms with Crippen LogP contribution in [-0.2, 0) is 47.5 Å². The lowest BCUT2D eigenvalue weighted by Gasteiger charge is -2.65. The lowest BCUT2D eigenvalue weighted by atomic mass is 9.43. The maximum absolute atomic E-state index is 13.1. The monoisotopic (exact) mass is 1160 g/mol. The normalized spacial score (nSPS) is 43.9. The van der Waals surface area contributed by atoms with E-state index in [2.05, 4.69) is 41.0 Å². The molecule has 4 unspecified atom stereocenters. The van der Waals surface area contributed by atoms with Gasteiger partial charge < -0.3 is 79.6 Å². The highest BCUT2D eigenvalue weighted by Crippen LogP contribution is 2.69. The Labute approximate surface area is 479 Å². The van der Waals surface area contributed by atoms with Crippen molar-refractivity contribution in [3.05, 3.63) is 12.7 Å². The molecule has 1 amide bonds. The number of carboxylic acid groups (broad SMARTS) is 1. The molecule has 4 saturated carbocycles. The molecular weight excluding hydrogens is 1070 g/mol. The smallest absolute Gasteiger partial charge is 0.320 e. The number of nitrogens with zero attached hydrogens (tertiary/aromatic N) is 4. The van der Waals surface area contributed by atoms with Crippen molar-refractivity contribution >= 4 is 40.6 Å². The van der Waals surface area contributed by atoms with Gasteiger partial charge in [-0.1, -0.05) is 27.2 Å². The molecule has 0 bridgehead atoms. The molecule has 0 radical (unpaired) electrons. The Hall–Kier alpha value is -2.72. The van der Waals surface area contributed by atoms with Gasteiger partial charge in [0.05, 0.1) is 67.4 Å². The molecule has 10 rings (SSSR count). The quantitative estimate of drug-likeness (QED) is 0.0445. The van der Waals surface area contributed by atoms with Gasteiger partial charge >= 0.3 is 5.97 Å². The molecule has 0 spiro atoms. The Morgan fingerprint density at radius 2 is 1.59 bits per heavy atom. The molecule has 2 aromatic rings. The average molecular weight is 1160 g/mol. The van der Waals surface area contributed by atoms with E-state index < -0.39 is 78.0 Å². The minimum atomic E-state index is -1.62. The van der Waals surface area contributed by atoms with E-state index in [1.807, 2.05) is 20.8 Å². The lowest BCUT2D eigenvalue weighted by molar-refractivity contribution is -0.375. The van der Waals surface area contributed by atoms with Crippen LogP contribution < -0.4 is 11.1 Å². The first-order valence-corrected chi connectivity index (χ1v) is 31.5. The number of anilines is 1. The zero-order valence-electron chi connectivity index (χ0n) is 48.2. The summed E-state index contributed by atoms with van der Waals surface area (Å²) in [7, 11) is 0. The van der Waals surface area contributed by atoms with Crippen LogP contribution in [0.1, 0.15) is 163 Å². The van der Waals surface area contributed by atoms with Crippen LogP contribution in [0.3, 0.4) is 0 Å². The average Bonchev–Trinajstić information content (AvgIpc) is 4.10. The van der Waals surface area contributed by atoms with E-state index >= 15 is 0 Å². The Morgan fingerprint density at radius 3 is 2.35 bits per heavy atom. The highest BCUT2D eigenvalue weighted by molar-refractivity contribution is 7.99. The van der Waals surface area contributed by atoms with E-state index in [1.165, 1.54) is 29.0 Å².